The molecule has 25 heavy (non-hydrogen) atoms. The molecule has 1 aromatic rings. The van der Waals surface area contributed by atoms with Gasteiger partial charge in [0.15, 0.2) is 0 Å². The number of hydrogen-bond acceptors (Lipinski definition) is 5. The van der Waals surface area contributed by atoms with Gasteiger partial charge < -0.3 is 9.47 Å². The largest absolute Gasteiger partial charge is 0.497 e. The topological polar surface area (TPSA) is 42.0 Å². The van der Waals surface area contributed by atoms with Gasteiger partial charge in [0.2, 0.25) is 0 Å². The first-order chi connectivity index (χ1) is 12.2. The first-order valence-electron chi connectivity index (χ1n) is 9.16. The van der Waals surface area contributed by atoms with Gasteiger partial charge in [-0.25, -0.2) is 4.79 Å². The Balaban J connectivity index is 1.35. The molecule has 0 saturated carbocycles. The second-order valence-electron chi connectivity index (χ2n) is 7.08. The van der Waals surface area contributed by atoms with E-state index in [4.69, 9.17) is 9.47 Å². The van der Waals surface area contributed by atoms with Gasteiger partial charge in [-0.3, -0.25) is 9.80 Å². The molecule has 3 aliphatic rings. The van der Waals surface area contributed by atoms with E-state index in [9.17, 15) is 4.79 Å². The number of hydrogen-bond donors (Lipinski definition) is 0. The standard InChI is InChI=1S/C19H26N2O3S/c1-23-16-4-2-14(3-5-16)6-9-21-17-12-20(13-18(17)24-19(21)22)15-7-10-25-11-8-15/h2-5,15,17-18H,6-13H2,1H3/t17-,18+/m0/s1. The van der Waals surface area contributed by atoms with Crippen LogP contribution in [0, 0.1) is 0 Å². The molecule has 2 atom stereocenters. The molecular formula is C19H26N2O3S. The summed E-state index contributed by atoms with van der Waals surface area (Å²) in [6.07, 6.45) is 3.30. The number of carbonyl (C=O) groups is 1. The van der Waals surface area contributed by atoms with E-state index in [0.717, 1.165) is 31.8 Å². The Morgan fingerprint density at radius 2 is 1.96 bits per heavy atom. The number of fused-ring (bicyclic) bond motifs is 1. The maximum atomic E-state index is 12.3. The fourth-order valence-electron chi connectivity index (χ4n) is 4.18. The molecule has 3 fully saturated rings. The minimum atomic E-state index is -0.137. The van der Waals surface area contributed by atoms with Crippen molar-refractivity contribution in [1.29, 1.82) is 0 Å². The van der Waals surface area contributed by atoms with Gasteiger partial charge in [-0.1, -0.05) is 12.1 Å². The summed E-state index contributed by atoms with van der Waals surface area (Å²) in [5, 5.41) is 0. The van der Waals surface area contributed by atoms with Gasteiger partial charge in [-0.15, -0.1) is 0 Å². The molecule has 0 bridgehead atoms. The number of thioether (sulfide) groups is 1. The lowest BCUT2D eigenvalue weighted by atomic mass is 10.1. The molecule has 6 heteroatoms. The van der Waals surface area contributed by atoms with Gasteiger partial charge in [0.05, 0.1) is 13.2 Å². The van der Waals surface area contributed by atoms with Crippen LogP contribution in [0.25, 0.3) is 0 Å². The summed E-state index contributed by atoms with van der Waals surface area (Å²) in [5.41, 5.74) is 1.22. The maximum Gasteiger partial charge on any atom is 0.410 e. The lowest BCUT2D eigenvalue weighted by Crippen LogP contribution is -2.42. The zero-order chi connectivity index (χ0) is 17.2. The highest BCUT2D eigenvalue weighted by atomic mass is 32.2. The molecule has 1 aromatic carbocycles. The summed E-state index contributed by atoms with van der Waals surface area (Å²) in [4.78, 5) is 16.8. The average molecular weight is 362 g/mol. The number of carbonyl (C=O) groups excluding carboxylic acids is 1. The predicted octanol–water partition coefficient (Wildman–Crippen LogP) is 2.64. The first kappa shape index (κ1) is 17.0. The molecule has 3 heterocycles. The number of methoxy groups -OCH3 is 1. The zero-order valence-electron chi connectivity index (χ0n) is 14.7. The number of likely N-dealkylation sites (tertiary alicyclic amines) is 1. The summed E-state index contributed by atoms with van der Waals surface area (Å²) in [6, 6.07) is 8.98. The number of nitrogens with zero attached hydrogens (tertiary/aromatic N) is 2. The van der Waals surface area contributed by atoms with Crippen molar-refractivity contribution in [3.8, 4) is 5.75 Å². The highest BCUT2D eigenvalue weighted by Gasteiger charge is 2.48. The molecule has 1 amide bonds. The maximum absolute atomic E-state index is 12.3. The van der Waals surface area contributed by atoms with Gasteiger partial charge in [-0.05, 0) is 48.5 Å². The Morgan fingerprint density at radius 3 is 2.68 bits per heavy atom. The van der Waals surface area contributed by atoms with E-state index in [0.29, 0.717) is 6.04 Å². The number of ether oxygens (including phenoxy) is 2. The van der Waals surface area contributed by atoms with Crippen molar-refractivity contribution in [1.82, 2.24) is 9.80 Å². The SMILES string of the molecule is COc1ccc(CCN2C(=O)O[C@@H]3CN(C4CCSCC4)C[C@@H]32)cc1. The molecule has 5 nitrogen and oxygen atoms in total. The van der Waals surface area contributed by atoms with Gasteiger partial charge in [0, 0.05) is 25.7 Å². The summed E-state index contributed by atoms with van der Waals surface area (Å²) in [6.45, 7) is 2.60. The third-order valence-electron chi connectivity index (χ3n) is 5.66. The number of rotatable bonds is 5. The second kappa shape index (κ2) is 7.46. The van der Waals surface area contributed by atoms with Gasteiger partial charge in [-0.2, -0.15) is 11.8 Å². The Hall–Kier alpha value is -1.40. The number of amides is 1. The molecule has 0 aromatic heterocycles. The smallest absolute Gasteiger partial charge is 0.410 e. The summed E-state index contributed by atoms with van der Waals surface area (Å²) >= 11 is 2.06. The fraction of sp³-hybridized carbons (Fsp3) is 0.632. The van der Waals surface area contributed by atoms with Crippen LogP contribution in [0.4, 0.5) is 4.79 Å². The van der Waals surface area contributed by atoms with Crippen molar-refractivity contribution in [3.05, 3.63) is 29.8 Å². The predicted molar refractivity (Wildman–Crippen MR) is 99.4 cm³/mol. The number of benzene rings is 1. The third-order valence-corrected chi connectivity index (χ3v) is 6.71. The molecule has 0 unspecified atom stereocenters. The van der Waals surface area contributed by atoms with Crippen LogP contribution >= 0.6 is 11.8 Å². The second-order valence-corrected chi connectivity index (χ2v) is 8.30. The van der Waals surface area contributed by atoms with E-state index in [-0.39, 0.29) is 18.2 Å². The van der Waals surface area contributed by atoms with E-state index in [1.807, 2.05) is 17.0 Å². The van der Waals surface area contributed by atoms with Crippen LogP contribution in [0.15, 0.2) is 24.3 Å². The van der Waals surface area contributed by atoms with Crippen molar-refractivity contribution < 1.29 is 14.3 Å². The molecular weight excluding hydrogens is 336 g/mol. The molecule has 3 saturated heterocycles. The summed E-state index contributed by atoms with van der Waals surface area (Å²) in [5.74, 6) is 3.39. The van der Waals surface area contributed by atoms with Crippen molar-refractivity contribution >= 4 is 17.9 Å². The lowest BCUT2D eigenvalue weighted by Gasteiger charge is -2.31. The molecule has 0 aliphatic carbocycles. The van der Waals surface area contributed by atoms with E-state index in [2.05, 4.69) is 28.8 Å². The van der Waals surface area contributed by atoms with Gasteiger partial charge in [0.25, 0.3) is 0 Å². The van der Waals surface area contributed by atoms with Crippen LogP contribution in [0.2, 0.25) is 0 Å². The molecule has 0 N–H and O–H groups in total. The highest BCUT2D eigenvalue weighted by molar-refractivity contribution is 7.99. The van der Waals surface area contributed by atoms with Gasteiger partial charge >= 0.3 is 6.09 Å². The lowest BCUT2D eigenvalue weighted by molar-refractivity contribution is 0.110. The Kier molecular flexibility index (Phi) is 5.08. The fourth-order valence-corrected chi connectivity index (χ4v) is 5.26. The van der Waals surface area contributed by atoms with Crippen LogP contribution in [0.3, 0.4) is 0 Å². The molecule has 4 rings (SSSR count). The Labute approximate surface area is 153 Å². The molecule has 136 valence electrons. The minimum Gasteiger partial charge on any atom is -0.497 e. The molecule has 0 radical (unpaired) electrons. The normalized spacial score (nSPS) is 27.4. The summed E-state index contributed by atoms with van der Waals surface area (Å²) in [7, 11) is 1.67. The van der Waals surface area contributed by atoms with Gasteiger partial charge in [0.1, 0.15) is 11.9 Å². The quantitative estimate of drug-likeness (QED) is 0.806. The van der Waals surface area contributed by atoms with E-state index in [1.165, 1.54) is 29.9 Å². The Morgan fingerprint density at radius 1 is 1.20 bits per heavy atom. The zero-order valence-corrected chi connectivity index (χ0v) is 15.5. The Bertz CT molecular complexity index is 603. The van der Waals surface area contributed by atoms with Crippen LogP contribution in [0.5, 0.6) is 5.75 Å². The van der Waals surface area contributed by atoms with Crippen LogP contribution < -0.4 is 4.74 Å². The van der Waals surface area contributed by atoms with E-state index < -0.39 is 0 Å². The van der Waals surface area contributed by atoms with E-state index in [1.54, 1.807) is 7.11 Å². The monoisotopic (exact) mass is 362 g/mol. The van der Waals surface area contributed by atoms with Crippen molar-refractivity contribution in [3.63, 3.8) is 0 Å². The van der Waals surface area contributed by atoms with Crippen molar-refractivity contribution in [2.75, 3.05) is 38.2 Å². The molecule has 3 aliphatic heterocycles. The third kappa shape index (κ3) is 3.60. The van der Waals surface area contributed by atoms with Crippen LogP contribution in [-0.2, 0) is 11.2 Å². The van der Waals surface area contributed by atoms with E-state index >= 15 is 0 Å². The van der Waals surface area contributed by atoms with Crippen molar-refractivity contribution in [2.24, 2.45) is 0 Å². The highest BCUT2D eigenvalue weighted by Crippen LogP contribution is 2.31. The minimum absolute atomic E-state index is 0.0537. The van der Waals surface area contributed by atoms with Crippen LogP contribution in [-0.4, -0.2) is 72.3 Å². The average Bonchev–Trinajstić information content (AvgIpc) is 3.18. The van der Waals surface area contributed by atoms with Crippen LogP contribution in [0.1, 0.15) is 18.4 Å². The molecule has 0 spiro atoms. The summed E-state index contributed by atoms with van der Waals surface area (Å²) < 4.78 is 10.9. The van der Waals surface area contributed by atoms with Crippen molar-refractivity contribution in [2.45, 2.75) is 37.5 Å². The first-order valence-corrected chi connectivity index (χ1v) is 10.3.